The molecule has 18 heavy (non-hydrogen) atoms. The van der Waals surface area contributed by atoms with Crippen molar-refractivity contribution in [1.82, 2.24) is 10.3 Å². The maximum atomic E-state index is 11.7. The summed E-state index contributed by atoms with van der Waals surface area (Å²) in [6.45, 7) is 9.53. The molecule has 6 nitrogen and oxygen atoms in total. The van der Waals surface area contributed by atoms with Crippen molar-refractivity contribution in [2.45, 2.75) is 40.5 Å². The average molecular weight is 278 g/mol. The number of hydrogen-bond acceptors (Lipinski definition) is 4. The summed E-state index contributed by atoms with van der Waals surface area (Å²) in [6.07, 6.45) is 1.98. The zero-order valence-electron chi connectivity index (χ0n) is 11.9. The molecule has 2 amide bonds. The minimum absolute atomic E-state index is 0.300. The fourth-order valence-corrected chi connectivity index (χ4v) is 3.34. The van der Waals surface area contributed by atoms with Gasteiger partial charge >= 0.3 is 15.0 Å². The molecule has 0 bridgehead atoms. The summed E-state index contributed by atoms with van der Waals surface area (Å²) in [6, 6.07) is -0.300. The SMILES string of the molecule is CCCCNC(=O)N[Si](OCC)(OCC)OCC. The van der Waals surface area contributed by atoms with E-state index in [1.165, 1.54) is 0 Å². The van der Waals surface area contributed by atoms with Crippen LogP contribution in [-0.4, -0.2) is 41.4 Å². The third-order valence-corrected chi connectivity index (χ3v) is 4.62. The van der Waals surface area contributed by atoms with Crippen molar-refractivity contribution in [2.75, 3.05) is 26.4 Å². The number of amides is 2. The van der Waals surface area contributed by atoms with E-state index in [-0.39, 0.29) is 6.03 Å². The second-order valence-corrected chi connectivity index (χ2v) is 5.82. The molecule has 0 aliphatic carbocycles. The van der Waals surface area contributed by atoms with Crippen molar-refractivity contribution in [3.05, 3.63) is 0 Å². The summed E-state index contributed by atoms with van der Waals surface area (Å²) in [4.78, 5) is 14.4. The van der Waals surface area contributed by atoms with Crippen LogP contribution in [0.1, 0.15) is 40.5 Å². The zero-order valence-corrected chi connectivity index (χ0v) is 12.9. The number of nitrogens with one attached hydrogen (secondary N) is 2. The van der Waals surface area contributed by atoms with E-state index >= 15 is 0 Å². The molecule has 0 aromatic carbocycles. The molecule has 0 unspecified atom stereocenters. The van der Waals surface area contributed by atoms with E-state index in [9.17, 15) is 4.79 Å². The molecule has 0 saturated heterocycles. The van der Waals surface area contributed by atoms with Crippen molar-refractivity contribution in [3.8, 4) is 0 Å². The maximum absolute atomic E-state index is 11.7. The molecule has 0 spiro atoms. The van der Waals surface area contributed by atoms with Crippen LogP contribution in [0.3, 0.4) is 0 Å². The van der Waals surface area contributed by atoms with Crippen LogP contribution in [0.15, 0.2) is 0 Å². The topological polar surface area (TPSA) is 68.8 Å². The van der Waals surface area contributed by atoms with E-state index in [0.29, 0.717) is 26.4 Å². The Balaban J connectivity index is 4.39. The van der Waals surface area contributed by atoms with Gasteiger partial charge in [-0.05, 0) is 27.2 Å². The molecule has 0 aromatic heterocycles. The van der Waals surface area contributed by atoms with Gasteiger partial charge in [-0.2, -0.15) is 0 Å². The largest absolute Gasteiger partial charge is 0.634 e. The van der Waals surface area contributed by atoms with Gasteiger partial charge in [0, 0.05) is 26.4 Å². The van der Waals surface area contributed by atoms with Crippen LogP contribution in [0, 0.1) is 0 Å². The molecule has 2 N–H and O–H groups in total. The van der Waals surface area contributed by atoms with Crippen molar-refractivity contribution in [2.24, 2.45) is 0 Å². The van der Waals surface area contributed by atoms with Gasteiger partial charge in [0.15, 0.2) is 0 Å². The standard InChI is InChI=1S/C11H26N2O4Si/c1-5-9-10-12-11(14)13-18(15-6-2,16-7-3)17-8-4/h5-10H2,1-4H3,(H2,12,13,14). The van der Waals surface area contributed by atoms with Gasteiger partial charge in [0.25, 0.3) is 0 Å². The minimum atomic E-state index is -3.08. The highest BCUT2D eigenvalue weighted by molar-refractivity contribution is 6.60. The number of rotatable bonds is 10. The fourth-order valence-electron chi connectivity index (χ4n) is 1.37. The lowest BCUT2D eigenvalue weighted by molar-refractivity contribution is 0.0631. The van der Waals surface area contributed by atoms with Gasteiger partial charge in [-0.15, -0.1) is 0 Å². The van der Waals surface area contributed by atoms with Crippen LogP contribution in [0.5, 0.6) is 0 Å². The molecule has 0 atom stereocenters. The van der Waals surface area contributed by atoms with E-state index < -0.39 is 8.97 Å². The van der Waals surface area contributed by atoms with E-state index in [1.54, 1.807) is 0 Å². The predicted molar refractivity (Wildman–Crippen MR) is 72.1 cm³/mol. The molecule has 0 aliphatic heterocycles. The van der Waals surface area contributed by atoms with Gasteiger partial charge in [-0.3, -0.25) is 4.98 Å². The lowest BCUT2D eigenvalue weighted by Gasteiger charge is -2.27. The first-order valence-corrected chi connectivity index (χ1v) is 8.34. The van der Waals surface area contributed by atoms with Gasteiger partial charge in [-0.25, -0.2) is 4.79 Å². The number of carbonyl (C=O) groups excluding carboxylic acids is 1. The molecule has 108 valence electrons. The Bertz CT molecular complexity index is 212. The predicted octanol–water partition coefficient (Wildman–Crippen LogP) is 1.63. The first-order valence-electron chi connectivity index (χ1n) is 6.61. The monoisotopic (exact) mass is 278 g/mol. The molecule has 0 fully saturated rings. The normalized spacial score (nSPS) is 11.3. The van der Waals surface area contributed by atoms with Crippen molar-refractivity contribution >= 4 is 15.0 Å². The fraction of sp³-hybridized carbons (Fsp3) is 0.909. The van der Waals surface area contributed by atoms with Gasteiger partial charge in [0.2, 0.25) is 0 Å². The summed E-state index contributed by atoms with van der Waals surface area (Å²) in [7, 11) is -3.08. The first kappa shape index (κ1) is 17.4. The quantitative estimate of drug-likeness (QED) is 0.471. The number of hydrogen-bond donors (Lipinski definition) is 2. The van der Waals surface area contributed by atoms with E-state index in [0.717, 1.165) is 12.8 Å². The Hall–Kier alpha value is -0.633. The minimum Gasteiger partial charge on any atom is -0.357 e. The van der Waals surface area contributed by atoms with Crippen LogP contribution in [0.2, 0.25) is 0 Å². The molecule has 0 aliphatic rings. The highest BCUT2D eigenvalue weighted by Gasteiger charge is 2.44. The smallest absolute Gasteiger partial charge is 0.357 e. The van der Waals surface area contributed by atoms with E-state index in [1.807, 2.05) is 20.8 Å². The third kappa shape index (κ3) is 6.95. The number of carbonyl (C=O) groups is 1. The van der Waals surface area contributed by atoms with E-state index in [2.05, 4.69) is 17.2 Å². The Morgan fingerprint density at radius 1 is 1.00 bits per heavy atom. The Morgan fingerprint density at radius 2 is 1.50 bits per heavy atom. The van der Waals surface area contributed by atoms with Gasteiger partial charge < -0.3 is 18.6 Å². The highest BCUT2D eigenvalue weighted by Crippen LogP contribution is 2.06. The molecule has 0 rings (SSSR count). The first-order chi connectivity index (χ1) is 8.64. The zero-order chi connectivity index (χ0) is 13.9. The van der Waals surface area contributed by atoms with Crippen LogP contribution < -0.4 is 10.3 Å². The summed E-state index contributed by atoms with van der Waals surface area (Å²) >= 11 is 0. The van der Waals surface area contributed by atoms with Crippen LogP contribution in [0.25, 0.3) is 0 Å². The lowest BCUT2D eigenvalue weighted by Crippen LogP contribution is -2.63. The van der Waals surface area contributed by atoms with Crippen molar-refractivity contribution in [1.29, 1.82) is 0 Å². The maximum Gasteiger partial charge on any atom is 0.634 e. The van der Waals surface area contributed by atoms with Crippen LogP contribution >= 0.6 is 0 Å². The number of unbranched alkanes of at least 4 members (excludes halogenated alkanes) is 1. The third-order valence-electron chi connectivity index (χ3n) is 2.09. The van der Waals surface area contributed by atoms with Gasteiger partial charge in [0.05, 0.1) is 0 Å². The van der Waals surface area contributed by atoms with Crippen LogP contribution in [0.4, 0.5) is 4.79 Å². The van der Waals surface area contributed by atoms with Crippen LogP contribution in [-0.2, 0) is 13.3 Å². The number of urea groups is 1. The summed E-state index contributed by atoms with van der Waals surface area (Å²) in [5.41, 5.74) is 0. The lowest BCUT2D eigenvalue weighted by atomic mass is 10.3. The second kappa shape index (κ2) is 10.3. The molecule has 0 heterocycles. The average Bonchev–Trinajstić information content (AvgIpc) is 2.30. The molecule has 0 aromatic rings. The van der Waals surface area contributed by atoms with Crippen molar-refractivity contribution in [3.63, 3.8) is 0 Å². The molecule has 0 radical (unpaired) electrons. The Kier molecular flexibility index (Phi) is 9.94. The molecule has 7 heteroatoms. The molecule has 0 saturated carbocycles. The van der Waals surface area contributed by atoms with E-state index in [4.69, 9.17) is 13.3 Å². The molecular weight excluding hydrogens is 252 g/mol. The summed E-state index contributed by atoms with van der Waals surface area (Å²) in [5.74, 6) is 0. The summed E-state index contributed by atoms with van der Waals surface area (Å²) < 4.78 is 16.5. The highest BCUT2D eigenvalue weighted by atomic mass is 28.4. The Morgan fingerprint density at radius 3 is 1.89 bits per heavy atom. The Labute approximate surface area is 111 Å². The summed E-state index contributed by atoms with van der Waals surface area (Å²) in [5, 5.41) is 2.76. The van der Waals surface area contributed by atoms with Gasteiger partial charge in [-0.1, -0.05) is 13.3 Å². The van der Waals surface area contributed by atoms with Crippen molar-refractivity contribution < 1.29 is 18.1 Å². The molecular formula is C11H26N2O4Si. The second-order valence-electron chi connectivity index (χ2n) is 3.59. The van der Waals surface area contributed by atoms with Gasteiger partial charge in [0.1, 0.15) is 0 Å².